The van der Waals surface area contributed by atoms with E-state index in [-0.39, 0.29) is 21.7 Å². The van der Waals surface area contributed by atoms with Crippen molar-refractivity contribution in [1.82, 2.24) is 9.62 Å². The molecule has 1 aliphatic heterocycles. The number of nitrogens with zero attached hydrogens (tertiary/aromatic N) is 1. The van der Waals surface area contributed by atoms with Gasteiger partial charge in [0.05, 0.1) is 6.04 Å². The first-order valence-electron chi connectivity index (χ1n) is 9.97. The van der Waals surface area contributed by atoms with Crippen molar-refractivity contribution in [2.24, 2.45) is 0 Å². The van der Waals surface area contributed by atoms with Crippen LogP contribution < -0.4 is 5.32 Å². The van der Waals surface area contributed by atoms with Crippen LogP contribution in [0.2, 0.25) is 0 Å². The van der Waals surface area contributed by atoms with E-state index in [1.165, 1.54) is 39.6 Å². The first-order chi connectivity index (χ1) is 13.5. The summed E-state index contributed by atoms with van der Waals surface area (Å²) in [5.41, 5.74) is 3.85. The van der Waals surface area contributed by atoms with Crippen LogP contribution in [0.25, 0.3) is 0 Å². The van der Waals surface area contributed by atoms with Crippen molar-refractivity contribution in [1.29, 1.82) is 0 Å². The summed E-state index contributed by atoms with van der Waals surface area (Å²) in [4.78, 5) is 13.3. The molecule has 1 aromatic heterocycles. The number of hydrogen-bond acceptors (Lipinski definition) is 4. The van der Waals surface area contributed by atoms with Crippen LogP contribution in [0.1, 0.15) is 65.0 Å². The van der Waals surface area contributed by atoms with Crippen LogP contribution in [0, 0.1) is 0 Å². The molecular formula is C21H26N2O3S2. The number of carbonyl (C=O) groups is 1. The highest BCUT2D eigenvalue weighted by Gasteiger charge is 2.32. The average Bonchev–Trinajstić information content (AvgIpc) is 3.39. The minimum atomic E-state index is -3.60. The van der Waals surface area contributed by atoms with Crippen LogP contribution in [-0.4, -0.2) is 31.7 Å². The van der Waals surface area contributed by atoms with Crippen LogP contribution in [0.3, 0.4) is 0 Å². The van der Waals surface area contributed by atoms with Crippen LogP contribution in [0.15, 0.2) is 34.5 Å². The van der Waals surface area contributed by atoms with Gasteiger partial charge in [0.25, 0.3) is 5.91 Å². The zero-order chi connectivity index (χ0) is 19.7. The number of rotatable bonds is 5. The SMILES string of the molecule is CC(NC(=O)c1sccc1S(=O)(=O)N1CCCC1)c1ccc2c(c1)CCCC2. The summed E-state index contributed by atoms with van der Waals surface area (Å²) in [6, 6.07) is 7.81. The minimum absolute atomic E-state index is 0.134. The van der Waals surface area contributed by atoms with Crippen LogP contribution in [-0.2, 0) is 22.9 Å². The lowest BCUT2D eigenvalue weighted by molar-refractivity contribution is 0.0941. The van der Waals surface area contributed by atoms with Gasteiger partial charge in [-0.3, -0.25) is 4.79 Å². The zero-order valence-corrected chi connectivity index (χ0v) is 17.7. The van der Waals surface area contributed by atoms with Crippen LogP contribution >= 0.6 is 11.3 Å². The largest absolute Gasteiger partial charge is 0.345 e. The van der Waals surface area contributed by atoms with Gasteiger partial charge in [0.2, 0.25) is 10.0 Å². The molecule has 1 saturated heterocycles. The number of fused-ring (bicyclic) bond motifs is 1. The number of nitrogens with one attached hydrogen (secondary N) is 1. The molecule has 0 spiro atoms. The first kappa shape index (κ1) is 19.6. The molecule has 5 nitrogen and oxygen atoms in total. The summed E-state index contributed by atoms with van der Waals surface area (Å²) in [6.45, 7) is 3.01. The minimum Gasteiger partial charge on any atom is -0.345 e. The Bertz CT molecular complexity index is 975. The van der Waals surface area contributed by atoms with Gasteiger partial charge in [-0.25, -0.2) is 8.42 Å². The number of hydrogen-bond donors (Lipinski definition) is 1. The highest BCUT2D eigenvalue weighted by molar-refractivity contribution is 7.89. The van der Waals surface area contributed by atoms with Gasteiger partial charge in [-0.05, 0) is 73.6 Å². The Morgan fingerprint density at radius 1 is 1.07 bits per heavy atom. The van der Waals surface area contributed by atoms with Crippen molar-refractivity contribution in [3.8, 4) is 0 Å². The Hall–Kier alpha value is -1.70. The molecule has 1 N–H and O–H groups in total. The Balaban J connectivity index is 1.52. The molecule has 7 heteroatoms. The summed E-state index contributed by atoms with van der Waals surface area (Å²) >= 11 is 1.19. The lowest BCUT2D eigenvalue weighted by Crippen LogP contribution is -2.31. The quantitative estimate of drug-likeness (QED) is 0.801. The molecule has 0 radical (unpaired) electrons. The number of carbonyl (C=O) groups excluding carboxylic acids is 1. The Labute approximate surface area is 170 Å². The third-order valence-electron chi connectivity index (χ3n) is 5.74. The van der Waals surface area contributed by atoms with Gasteiger partial charge >= 0.3 is 0 Å². The predicted octanol–water partition coefficient (Wildman–Crippen LogP) is 3.90. The van der Waals surface area contributed by atoms with Gasteiger partial charge in [0, 0.05) is 13.1 Å². The molecule has 0 saturated carbocycles. The van der Waals surface area contributed by atoms with Crippen molar-refractivity contribution in [2.75, 3.05) is 13.1 Å². The first-order valence-corrected chi connectivity index (χ1v) is 12.3. The molecule has 2 aromatic rings. The number of aryl methyl sites for hydroxylation is 2. The maximum absolute atomic E-state index is 12.9. The molecule has 2 heterocycles. The van der Waals surface area contributed by atoms with E-state index in [4.69, 9.17) is 0 Å². The molecule has 1 fully saturated rings. The number of amides is 1. The second-order valence-corrected chi connectivity index (χ2v) is 10.5. The summed E-state index contributed by atoms with van der Waals surface area (Å²) in [5, 5.41) is 4.68. The second kappa shape index (κ2) is 7.97. The van der Waals surface area contributed by atoms with Gasteiger partial charge in [0.1, 0.15) is 9.77 Å². The fraction of sp³-hybridized carbons (Fsp3) is 0.476. The molecule has 0 bridgehead atoms. The van der Waals surface area contributed by atoms with E-state index in [1.807, 2.05) is 6.92 Å². The fourth-order valence-electron chi connectivity index (χ4n) is 4.10. The summed E-state index contributed by atoms with van der Waals surface area (Å²) < 4.78 is 27.3. The lowest BCUT2D eigenvalue weighted by Gasteiger charge is -2.20. The Kier molecular flexibility index (Phi) is 5.58. The summed E-state index contributed by atoms with van der Waals surface area (Å²) in [7, 11) is -3.60. The predicted molar refractivity (Wildman–Crippen MR) is 111 cm³/mol. The molecular weight excluding hydrogens is 392 g/mol. The number of thiophene rings is 1. The zero-order valence-electron chi connectivity index (χ0n) is 16.1. The second-order valence-electron chi connectivity index (χ2n) is 7.66. The van der Waals surface area contributed by atoms with Gasteiger partial charge in [0.15, 0.2) is 0 Å². The van der Waals surface area contributed by atoms with Crippen molar-refractivity contribution >= 4 is 27.3 Å². The topological polar surface area (TPSA) is 66.5 Å². The van der Waals surface area contributed by atoms with E-state index in [2.05, 4.69) is 23.5 Å². The van der Waals surface area contributed by atoms with Crippen LogP contribution in [0.5, 0.6) is 0 Å². The molecule has 1 amide bonds. The monoisotopic (exact) mass is 418 g/mol. The molecule has 2 aliphatic rings. The Morgan fingerprint density at radius 3 is 2.54 bits per heavy atom. The third kappa shape index (κ3) is 3.75. The Morgan fingerprint density at radius 2 is 1.79 bits per heavy atom. The van der Waals surface area contributed by atoms with Crippen LogP contribution in [0.4, 0.5) is 0 Å². The highest BCUT2D eigenvalue weighted by atomic mass is 32.2. The van der Waals surface area contributed by atoms with E-state index in [1.54, 1.807) is 11.4 Å². The smallest absolute Gasteiger partial charge is 0.263 e. The normalized spacial score (nSPS) is 18.6. The maximum Gasteiger partial charge on any atom is 0.263 e. The summed E-state index contributed by atoms with van der Waals surface area (Å²) in [6.07, 6.45) is 6.42. The van der Waals surface area contributed by atoms with Gasteiger partial charge in [-0.15, -0.1) is 11.3 Å². The van der Waals surface area contributed by atoms with E-state index < -0.39 is 10.0 Å². The van der Waals surface area contributed by atoms with Crippen molar-refractivity contribution in [3.05, 3.63) is 51.2 Å². The molecule has 28 heavy (non-hydrogen) atoms. The standard InChI is InChI=1S/C21H26N2O3S2/c1-15(17-9-8-16-6-2-3-7-18(16)14-17)22-21(24)20-19(10-13-27-20)28(25,26)23-11-4-5-12-23/h8-10,13-15H,2-7,11-12H2,1H3,(H,22,24). The van der Waals surface area contributed by atoms with Crippen molar-refractivity contribution < 1.29 is 13.2 Å². The van der Waals surface area contributed by atoms with Crippen molar-refractivity contribution in [2.45, 2.75) is 56.4 Å². The van der Waals surface area contributed by atoms with Gasteiger partial charge in [-0.2, -0.15) is 4.31 Å². The molecule has 150 valence electrons. The van der Waals surface area contributed by atoms with Crippen molar-refractivity contribution in [3.63, 3.8) is 0 Å². The van der Waals surface area contributed by atoms with E-state index in [0.29, 0.717) is 13.1 Å². The van der Waals surface area contributed by atoms with E-state index in [0.717, 1.165) is 31.2 Å². The van der Waals surface area contributed by atoms with Gasteiger partial charge < -0.3 is 5.32 Å². The molecule has 1 unspecified atom stereocenters. The van der Waals surface area contributed by atoms with E-state index in [9.17, 15) is 13.2 Å². The molecule has 1 atom stereocenters. The number of sulfonamides is 1. The maximum atomic E-state index is 12.9. The number of benzene rings is 1. The molecule has 4 rings (SSSR count). The van der Waals surface area contributed by atoms with Gasteiger partial charge in [-0.1, -0.05) is 18.2 Å². The highest BCUT2D eigenvalue weighted by Crippen LogP contribution is 2.29. The third-order valence-corrected chi connectivity index (χ3v) is 8.72. The molecule has 1 aromatic carbocycles. The lowest BCUT2D eigenvalue weighted by atomic mass is 9.89. The summed E-state index contributed by atoms with van der Waals surface area (Å²) in [5.74, 6) is -0.321. The van der Waals surface area contributed by atoms with E-state index >= 15 is 0 Å². The fourth-order valence-corrected chi connectivity index (χ4v) is 6.92. The molecule has 1 aliphatic carbocycles. The average molecular weight is 419 g/mol.